The highest BCUT2D eigenvalue weighted by Crippen LogP contribution is 2.01. The number of nitrogens with one attached hydrogen (secondary N) is 1. The zero-order chi connectivity index (χ0) is 6.85. The van der Waals surface area contributed by atoms with Gasteiger partial charge in [0.1, 0.15) is 5.82 Å². The lowest BCUT2D eigenvalue weighted by Crippen LogP contribution is -1.98. The number of halogens is 2. The van der Waals surface area contributed by atoms with Crippen molar-refractivity contribution in [2.24, 2.45) is 5.73 Å². The van der Waals surface area contributed by atoms with Crippen molar-refractivity contribution in [2.45, 2.75) is 20.4 Å². The number of hydrogen-bond acceptors (Lipinski definition) is 2. The van der Waals surface area contributed by atoms with Crippen LogP contribution in [0.2, 0.25) is 0 Å². The summed E-state index contributed by atoms with van der Waals surface area (Å²) in [6, 6.07) is 0. The predicted octanol–water partition coefficient (Wildman–Crippen LogP) is 1.33. The SMILES string of the molecule is Cc1nc(CN)c(C)[nH]1.Cl.Cl. The van der Waals surface area contributed by atoms with Crippen molar-refractivity contribution in [1.29, 1.82) is 0 Å². The number of hydrogen-bond donors (Lipinski definition) is 2. The van der Waals surface area contributed by atoms with Gasteiger partial charge < -0.3 is 10.7 Å². The van der Waals surface area contributed by atoms with Crippen LogP contribution in [0.5, 0.6) is 0 Å². The minimum Gasteiger partial charge on any atom is -0.346 e. The first kappa shape index (κ1) is 13.3. The lowest BCUT2D eigenvalue weighted by atomic mass is 10.3. The largest absolute Gasteiger partial charge is 0.346 e. The van der Waals surface area contributed by atoms with Gasteiger partial charge in [0.15, 0.2) is 0 Å². The van der Waals surface area contributed by atoms with E-state index in [1.54, 1.807) is 0 Å². The molecule has 0 bridgehead atoms. The van der Waals surface area contributed by atoms with Crippen LogP contribution in [-0.2, 0) is 6.54 Å². The first-order chi connectivity index (χ1) is 4.24. The van der Waals surface area contributed by atoms with E-state index in [2.05, 4.69) is 9.97 Å². The van der Waals surface area contributed by atoms with Crippen LogP contribution in [0.1, 0.15) is 17.2 Å². The van der Waals surface area contributed by atoms with E-state index in [4.69, 9.17) is 5.73 Å². The molecule has 11 heavy (non-hydrogen) atoms. The average molecular weight is 198 g/mol. The predicted molar refractivity (Wildman–Crippen MR) is 50.4 cm³/mol. The van der Waals surface area contributed by atoms with E-state index in [0.29, 0.717) is 6.54 Å². The fourth-order valence-electron chi connectivity index (χ4n) is 0.856. The highest BCUT2D eigenvalue weighted by molar-refractivity contribution is 5.85. The molecule has 3 N–H and O–H groups in total. The van der Waals surface area contributed by atoms with E-state index < -0.39 is 0 Å². The van der Waals surface area contributed by atoms with Crippen LogP contribution in [-0.4, -0.2) is 9.97 Å². The summed E-state index contributed by atoms with van der Waals surface area (Å²) in [6.45, 7) is 4.42. The van der Waals surface area contributed by atoms with Crippen molar-refractivity contribution in [1.82, 2.24) is 9.97 Å². The zero-order valence-corrected chi connectivity index (χ0v) is 8.18. The zero-order valence-electron chi connectivity index (χ0n) is 6.55. The normalized spacial score (nSPS) is 8.27. The Labute approximate surface area is 78.6 Å². The number of nitrogens with two attached hydrogens (primary N) is 1. The van der Waals surface area contributed by atoms with Crippen LogP contribution in [0.15, 0.2) is 0 Å². The molecule has 0 spiro atoms. The monoisotopic (exact) mass is 197 g/mol. The van der Waals surface area contributed by atoms with Gasteiger partial charge in [-0.15, -0.1) is 24.8 Å². The number of aromatic nitrogens is 2. The van der Waals surface area contributed by atoms with Gasteiger partial charge in [0, 0.05) is 12.2 Å². The Hall–Kier alpha value is -0.250. The van der Waals surface area contributed by atoms with Crippen molar-refractivity contribution in [3.05, 3.63) is 17.2 Å². The van der Waals surface area contributed by atoms with Crippen LogP contribution < -0.4 is 5.73 Å². The molecule has 0 fully saturated rings. The molecule has 0 radical (unpaired) electrons. The van der Waals surface area contributed by atoms with Gasteiger partial charge in [-0.05, 0) is 13.8 Å². The number of imidazole rings is 1. The van der Waals surface area contributed by atoms with Gasteiger partial charge >= 0.3 is 0 Å². The molecule has 3 nitrogen and oxygen atoms in total. The van der Waals surface area contributed by atoms with E-state index >= 15 is 0 Å². The molecule has 0 saturated carbocycles. The Bertz CT molecular complexity index is 210. The molecule has 66 valence electrons. The van der Waals surface area contributed by atoms with Crippen LogP contribution in [0, 0.1) is 13.8 Å². The maximum atomic E-state index is 5.38. The number of H-pyrrole nitrogens is 1. The second-order valence-corrected chi connectivity index (χ2v) is 2.10. The first-order valence-electron chi connectivity index (χ1n) is 2.96. The topological polar surface area (TPSA) is 54.7 Å². The summed E-state index contributed by atoms with van der Waals surface area (Å²) in [7, 11) is 0. The Morgan fingerprint density at radius 1 is 1.36 bits per heavy atom. The Kier molecular flexibility index (Phi) is 6.56. The average Bonchev–Trinajstić information content (AvgIpc) is 2.10. The lowest BCUT2D eigenvalue weighted by Gasteiger charge is -1.86. The summed E-state index contributed by atoms with van der Waals surface area (Å²) in [6.07, 6.45) is 0. The highest BCUT2D eigenvalue weighted by atomic mass is 35.5. The van der Waals surface area contributed by atoms with E-state index in [9.17, 15) is 0 Å². The lowest BCUT2D eigenvalue weighted by molar-refractivity contribution is 0.985. The Morgan fingerprint density at radius 3 is 2.09 bits per heavy atom. The molecule has 1 aromatic rings. The van der Waals surface area contributed by atoms with Crippen molar-refractivity contribution in [3.8, 4) is 0 Å². The van der Waals surface area contributed by atoms with Crippen molar-refractivity contribution in [3.63, 3.8) is 0 Å². The van der Waals surface area contributed by atoms with Gasteiger partial charge in [0.05, 0.1) is 5.69 Å². The molecule has 0 aliphatic rings. The smallest absolute Gasteiger partial charge is 0.103 e. The molecule has 0 amide bonds. The van der Waals surface area contributed by atoms with Crippen LogP contribution in [0.4, 0.5) is 0 Å². The second-order valence-electron chi connectivity index (χ2n) is 2.10. The molecule has 0 atom stereocenters. The number of nitrogens with zero attached hydrogens (tertiary/aromatic N) is 1. The summed E-state index contributed by atoms with van der Waals surface area (Å²) in [4.78, 5) is 7.22. The minimum absolute atomic E-state index is 0. The molecule has 0 aromatic carbocycles. The number of aromatic amines is 1. The van der Waals surface area contributed by atoms with E-state index in [1.165, 1.54) is 0 Å². The fraction of sp³-hybridized carbons (Fsp3) is 0.500. The van der Waals surface area contributed by atoms with Crippen LogP contribution in [0.3, 0.4) is 0 Å². The molecule has 0 saturated heterocycles. The second kappa shape index (κ2) is 5.41. The third-order valence-electron chi connectivity index (χ3n) is 1.30. The summed E-state index contributed by atoms with van der Waals surface area (Å²) >= 11 is 0. The molecule has 0 unspecified atom stereocenters. The molecule has 0 aliphatic heterocycles. The first-order valence-corrected chi connectivity index (χ1v) is 2.96. The van der Waals surface area contributed by atoms with E-state index in [0.717, 1.165) is 17.2 Å². The molecule has 1 aromatic heterocycles. The maximum Gasteiger partial charge on any atom is 0.103 e. The molecule has 1 heterocycles. The van der Waals surface area contributed by atoms with E-state index in [1.807, 2.05) is 13.8 Å². The van der Waals surface area contributed by atoms with Gasteiger partial charge in [-0.1, -0.05) is 0 Å². The summed E-state index contributed by atoms with van der Waals surface area (Å²) in [5.74, 6) is 0.938. The Morgan fingerprint density at radius 2 is 1.91 bits per heavy atom. The molecule has 1 rings (SSSR count). The Balaban J connectivity index is 0. The third-order valence-corrected chi connectivity index (χ3v) is 1.30. The van der Waals surface area contributed by atoms with Crippen LogP contribution >= 0.6 is 24.8 Å². The highest BCUT2D eigenvalue weighted by Gasteiger charge is 1.98. The van der Waals surface area contributed by atoms with Gasteiger partial charge in [0.2, 0.25) is 0 Å². The summed E-state index contributed by atoms with van der Waals surface area (Å²) < 4.78 is 0. The third kappa shape index (κ3) is 3.10. The molecule has 5 heteroatoms. The maximum absolute atomic E-state index is 5.38. The molecular formula is C6H13Cl2N3. The van der Waals surface area contributed by atoms with Crippen molar-refractivity contribution >= 4 is 24.8 Å². The minimum atomic E-state index is 0. The number of aryl methyl sites for hydroxylation is 2. The van der Waals surface area contributed by atoms with Gasteiger partial charge in [0.25, 0.3) is 0 Å². The molecular weight excluding hydrogens is 185 g/mol. The fourth-order valence-corrected chi connectivity index (χ4v) is 0.856. The standard InChI is InChI=1S/C6H11N3.2ClH/c1-4-6(3-7)9-5(2)8-4;;/h3,7H2,1-2H3,(H,8,9);2*1H. The molecule has 0 aliphatic carbocycles. The number of rotatable bonds is 1. The van der Waals surface area contributed by atoms with Gasteiger partial charge in [-0.25, -0.2) is 4.98 Å². The van der Waals surface area contributed by atoms with Crippen molar-refractivity contribution in [2.75, 3.05) is 0 Å². The van der Waals surface area contributed by atoms with E-state index in [-0.39, 0.29) is 24.8 Å². The summed E-state index contributed by atoms with van der Waals surface area (Å²) in [5, 5.41) is 0. The summed E-state index contributed by atoms with van der Waals surface area (Å²) in [5.41, 5.74) is 7.43. The van der Waals surface area contributed by atoms with Gasteiger partial charge in [-0.3, -0.25) is 0 Å². The van der Waals surface area contributed by atoms with Gasteiger partial charge in [-0.2, -0.15) is 0 Å². The quantitative estimate of drug-likeness (QED) is 0.715. The van der Waals surface area contributed by atoms with Crippen molar-refractivity contribution < 1.29 is 0 Å². The van der Waals surface area contributed by atoms with Crippen LogP contribution in [0.25, 0.3) is 0 Å².